The molecule has 0 amide bonds. The number of imidazole rings is 1. The van der Waals surface area contributed by atoms with E-state index < -0.39 is 0 Å². The van der Waals surface area contributed by atoms with E-state index in [0.29, 0.717) is 6.04 Å². The number of fused-ring (bicyclic) bond motifs is 1. The smallest absolute Gasteiger partial charge is 0.106 e. The molecule has 0 saturated heterocycles. The molecular formula is C14H25N3. The van der Waals surface area contributed by atoms with E-state index in [1.165, 1.54) is 55.7 Å². The van der Waals surface area contributed by atoms with E-state index in [4.69, 9.17) is 10.7 Å². The number of nitrogens with zero attached hydrogens (tertiary/aromatic N) is 2. The van der Waals surface area contributed by atoms with E-state index >= 15 is 0 Å². The van der Waals surface area contributed by atoms with Crippen LogP contribution in [-0.2, 0) is 19.4 Å². The Kier molecular flexibility index (Phi) is 4.21. The number of nitrogens with two attached hydrogens (primary N) is 1. The Bertz CT molecular complexity index is 366. The summed E-state index contributed by atoms with van der Waals surface area (Å²) in [6.07, 6.45) is 8.64. The number of aromatic nitrogens is 2. The lowest BCUT2D eigenvalue weighted by Crippen LogP contribution is -2.15. The first-order valence-electron chi connectivity index (χ1n) is 6.99. The van der Waals surface area contributed by atoms with Crippen molar-refractivity contribution in [3.63, 3.8) is 0 Å². The van der Waals surface area contributed by atoms with Crippen LogP contribution in [0.15, 0.2) is 0 Å². The van der Waals surface area contributed by atoms with Gasteiger partial charge in [-0.25, -0.2) is 4.98 Å². The van der Waals surface area contributed by atoms with E-state index in [1.54, 1.807) is 0 Å². The number of aryl methyl sites for hydroxylation is 2. The van der Waals surface area contributed by atoms with Crippen LogP contribution >= 0.6 is 0 Å². The van der Waals surface area contributed by atoms with Crippen LogP contribution in [0, 0.1) is 6.92 Å². The fraction of sp³-hybridized carbons (Fsp3) is 0.786. The molecule has 1 atom stereocenters. The Morgan fingerprint density at radius 1 is 1.29 bits per heavy atom. The molecule has 1 heterocycles. The van der Waals surface area contributed by atoms with Crippen molar-refractivity contribution < 1.29 is 0 Å². The van der Waals surface area contributed by atoms with Gasteiger partial charge in [-0.15, -0.1) is 0 Å². The standard InChI is InChI=1S/C14H25N3/c1-11(15)7-5-6-10-17-12(2)16-13-8-3-4-9-14(13)17/h11H,3-10,15H2,1-2H3. The van der Waals surface area contributed by atoms with Crippen molar-refractivity contribution in [3.05, 3.63) is 17.2 Å². The monoisotopic (exact) mass is 235 g/mol. The van der Waals surface area contributed by atoms with Gasteiger partial charge in [0.15, 0.2) is 0 Å². The van der Waals surface area contributed by atoms with E-state index in [2.05, 4.69) is 18.4 Å². The van der Waals surface area contributed by atoms with Crippen LogP contribution in [-0.4, -0.2) is 15.6 Å². The summed E-state index contributed by atoms with van der Waals surface area (Å²) in [5.41, 5.74) is 8.64. The SMILES string of the molecule is Cc1nc2c(n1CCCCC(C)N)CCCC2. The average Bonchev–Trinajstić information content (AvgIpc) is 2.60. The highest BCUT2D eigenvalue weighted by Crippen LogP contribution is 2.22. The summed E-state index contributed by atoms with van der Waals surface area (Å²) in [7, 11) is 0. The lowest BCUT2D eigenvalue weighted by atomic mass is 10.0. The summed E-state index contributed by atoms with van der Waals surface area (Å²) >= 11 is 0. The van der Waals surface area contributed by atoms with Gasteiger partial charge >= 0.3 is 0 Å². The molecular weight excluding hydrogens is 210 g/mol. The van der Waals surface area contributed by atoms with Gasteiger partial charge in [0.25, 0.3) is 0 Å². The average molecular weight is 235 g/mol. The highest BCUT2D eigenvalue weighted by Gasteiger charge is 2.17. The Labute approximate surface area is 104 Å². The van der Waals surface area contributed by atoms with Gasteiger partial charge in [-0.1, -0.05) is 6.42 Å². The summed E-state index contributed by atoms with van der Waals surface area (Å²) in [5, 5.41) is 0. The number of hydrogen-bond donors (Lipinski definition) is 1. The molecule has 0 fully saturated rings. The third kappa shape index (κ3) is 3.09. The zero-order valence-electron chi connectivity index (χ0n) is 11.2. The van der Waals surface area contributed by atoms with Crippen molar-refractivity contribution in [1.29, 1.82) is 0 Å². The summed E-state index contributed by atoms with van der Waals surface area (Å²) in [6.45, 7) is 5.36. The van der Waals surface area contributed by atoms with Gasteiger partial charge in [-0.05, 0) is 52.4 Å². The van der Waals surface area contributed by atoms with Gasteiger partial charge in [0.05, 0.1) is 5.69 Å². The first-order valence-corrected chi connectivity index (χ1v) is 6.99. The van der Waals surface area contributed by atoms with Gasteiger partial charge < -0.3 is 10.3 Å². The molecule has 1 aromatic heterocycles. The maximum Gasteiger partial charge on any atom is 0.106 e. The molecule has 1 aliphatic carbocycles. The third-order valence-corrected chi connectivity index (χ3v) is 3.71. The van der Waals surface area contributed by atoms with Crippen LogP contribution in [0.25, 0.3) is 0 Å². The maximum atomic E-state index is 5.77. The van der Waals surface area contributed by atoms with E-state index in [9.17, 15) is 0 Å². The minimum atomic E-state index is 0.341. The van der Waals surface area contributed by atoms with Crippen LogP contribution in [0.2, 0.25) is 0 Å². The van der Waals surface area contributed by atoms with Crippen molar-refractivity contribution >= 4 is 0 Å². The molecule has 3 heteroatoms. The van der Waals surface area contributed by atoms with Crippen molar-refractivity contribution in [2.75, 3.05) is 0 Å². The lowest BCUT2D eigenvalue weighted by Gasteiger charge is -2.15. The molecule has 0 bridgehead atoms. The molecule has 0 saturated carbocycles. The predicted octanol–water partition coefficient (Wildman–Crippen LogP) is 2.59. The molecule has 17 heavy (non-hydrogen) atoms. The molecule has 0 aromatic carbocycles. The molecule has 1 aliphatic rings. The first kappa shape index (κ1) is 12.6. The second-order valence-corrected chi connectivity index (χ2v) is 5.38. The fourth-order valence-corrected chi connectivity index (χ4v) is 2.77. The molecule has 2 N–H and O–H groups in total. The number of unbranched alkanes of at least 4 members (excludes halogenated alkanes) is 1. The van der Waals surface area contributed by atoms with E-state index in [0.717, 1.165) is 13.0 Å². The minimum Gasteiger partial charge on any atom is -0.332 e. The second-order valence-electron chi connectivity index (χ2n) is 5.38. The molecule has 0 radical (unpaired) electrons. The van der Waals surface area contributed by atoms with Crippen molar-refractivity contribution in [2.45, 2.75) is 71.4 Å². The topological polar surface area (TPSA) is 43.8 Å². The maximum absolute atomic E-state index is 5.77. The van der Waals surface area contributed by atoms with Gasteiger partial charge in [0.1, 0.15) is 5.82 Å². The second kappa shape index (κ2) is 5.67. The highest BCUT2D eigenvalue weighted by molar-refractivity contribution is 5.19. The fourth-order valence-electron chi connectivity index (χ4n) is 2.77. The highest BCUT2D eigenvalue weighted by atomic mass is 15.1. The first-order chi connectivity index (χ1) is 8.18. The van der Waals surface area contributed by atoms with Crippen LogP contribution in [0.5, 0.6) is 0 Å². The quantitative estimate of drug-likeness (QED) is 0.797. The third-order valence-electron chi connectivity index (χ3n) is 3.71. The number of hydrogen-bond acceptors (Lipinski definition) is 2. The normalized spacial score (nSPS) is 16.9. The molecule has 2 rings (SSSR count). The van der Waals surface area contributed by atoms with Crippen LogP contribution in [0.3, 0.4) is 0 Å². The van der Waals surface area contributed by atoms with Gasteiger partial charge in [-0.2, -0.15) is 0 Å². The minimum absolute atomic E-state index is 0.341. The summed E-state index contributed by atoms with van der Waals surface area (Å²) in [6, 6.07) is 0.341. The molecule has 0 spiro atoms. The molecule has 0 aliphatic heterocycles. The summed E-state index contributed by atoms with van der Waals surface area (Å²) < 4.78 is 2.44. The van der Waals surface area contributed by atoms with E-state index in [1.807, 2.05) is 0 Å². The molecule has 1 unspecified atom stereocenters. The van der Waals surface area contributed by atoms with Crippen LogP contribution in [0.1, 0.15) is 56.2 Å². The Morgan fingerprint density at radius 3 is 2.82 bits per heavy atom. The summed E-state index contributed by atoms with van der Waals surface area (Å²) in [4.78, 5) is 4.70. The van der Waals surface area contributed by atoms with Crippen molar-refractivity contribution in [2.24, 2.45) is 5.73 Å². The zero-order chi connectivity index (χ0) is 12.3. The molecule has 3 nitrogen and oxygen atoms in total. The zero-order valence-corrected chi connectivity index (χ0v) is 11.2. The van der Waals surface area contributed by atoms with E-state index in [-0.39, 0.29) is 0 Å². The van der Waals surface area contributed by atoms with Crippen molar-refractivity contribution in [3.8, 4) is 0 Å². The largest absolute Gasteiger partial charge is 0.332 e. The number of rotatable bonds is 5. The van der Waals surface area contributed by atoms with Crippen molar-refractivity contribution in [1.82, 2.24) is 9.55 Å². The Balaban J connectivity index is 1.93. The molecule has 1 aromatic rings. The Hall–Kier alpha value is -0.830. The molecule has 96 valence electrons. The van der Waals surface area contributed by atoms with Crippen LogP contribution < -0.4 is 5.73 Å². The van der Waals surface area contributed by atoms with Gasteiger partial charge in [0.2, 0.25) is 0 Å². The lowest BCUT2D eigenvalue weighted by molar-refractivity contribution is 0.525. The summed E-state index contributed by atoms with van der Waals surface area (Å²) in [5.74, 6) is 1.21. The van der Waals surface area contributed by atoms with Crippen LogP contribution in [0.4, 0.5) is 0 Å². The Morgan fingerprint density at radius 2 is 2.06 bits per heavy atom. The van der Waals surface area contributed by atoms with Gasteiger partial charge in [0, 0.05) is 18.3 Å². The van der Waals surface area contributed by atoms with Gasteiger partial charge in [-0.3, -0.25) is 0 Å². The predicted molar refractivity (Wildman–Crippen MR) is 71.1 cm³/mol.